The van der Waals surface area contributed by atoms with Gasteiger partial charge >= 0.3 is 0 Å². The van der Waals surface area contributed by atoms with Crippen LogP contribution in [0.5, 0.6) is 0 Å². The first-order valence-corrected chi connectivity index (χ1v) is 9.91. The van der Waals surface area contributed by atoms with Crippen molar-refractivity contribution in [1.82, 2.24) is 10.6 Å². The standard InChI is InChI=1S/C19H33N3OS.HI/c1-19(2,24-4)16-22-18(20-3)21-13-8-9-14-23-15-12-17-10-6-5-7-11-17;/h5-7,10-11H,8-9,12-16H2,1-4H3,(H2,20,21,22);1H. The van der Waals surface area contributed by atoms with Gasteiger partial charge in [0.25, 0.3) is 0 Å². The zero-order valence-corrected chi connectivity index (χ0v) is 19.2. The predicted molar refractivity (Wildman–Crippen MR) is 123 cm³/mol. The van der Waals surface area contributed by atoms with Gasteiger partial charge in [0.2, 0.25) is 0 Å². The molecule has 1 aromatic rings. The van der Waals surface area contributed by atoms with Gasteiger partial charge in [-0.1, -0.05) is 30.3 Å². The maximum absolute atomic E-state index is 5.70. The van der Waals surface area contributed by atoms with Crippen LogP contribution >= 0.6 is 35.7 Å². The van der Waals surface area contributed by atoms with E-state index in [1.807, 2.05) is 24.9 Å². The molecule has 0 aliphatic carbocycles. The van der Waals surface area contributed by atoms with Gasteiger partial charge in [-0.2, -0.15) is 11.8 Å². The maximum Gasteiger partial charge on any atom is 0.191 e. The van der Waals surface area contributed by atoms with Gasteiger partial charge in [0.1, 0.15) is 0 Å². The minimum Gasteiger partial charge on any atom is -0.381 e. The molecule has 0 fully saturated rings. The average Bonchev–Trinajstić information content (AvgIpc) is 2.60. The van der Waals surface area contributed by atoms with Gasteiger partial charge in [0, 0.05) is 31.5 Å². The largest absolute Gasteiger partial charge is 0.381 e. The van der Waals surface area contributed by atoms with E-state index in [0.717, 1.165) is 51.5 Å². The van der Waals surface area contributed by atoms with Crippen LogP contribution < -0.4 is 10.6 Å². The average molecular weight is 479 g/mol. The summed E-state index contributed by atoms with van der Waals surface area (Å²) >= 11 is 1.86. The molecule has 0 saturated heterocycles. The Hall–Kier alpha value is -0.470. The van der Waals surface area contributed by atoms with Crippen molar-refractivity contribution < 1.29 is 4.74 Å². The van der Waals surface area contributed by atoms with Gasteiger partial charge in [-0.3, -0.25) is 4.99 Å². The fraction of sp³-hybridized carbons (Fsp3) is 0.632. The van der Waals surface area contributed by atoms with Crippen LogP contribution in [-0.4, -0.2) is 50.3 Å². The number of hydrogen-bond donors (Lipinski definition) is 2. The topological polar surface area (TPSA) is 45.7 Å². The Balaban J connectivity index is 0.00000576. The lowest BCUT2D eigenvalue weighted by Gasteiger charge is -2.23. The molecule has 0 heterocycles. The van der Waals surface area contributed by atoms with Crippen molar-refractivity contribution in [2.75, 3.05) is 39.6 Å². The summed E-state index contributed by atoms with van der Waals surface area (Å²) in [6.07, 6.45) is 5.27. The van der Waals surface area contributed by atoms with E-state index in [1.54, 1.807) is 0 Å². The molecule has 0 unspecified atom stereocenters. The van der Waals surface area contributed by atoms with Crippen LogP contribution in [0.4, 0.5) is 0 Å². The number of hydrogen-bond acceptors (Lipinski definition) is 3. The molecule has 0 aliphatic rings. The lowest BCUT2D eigenvalue weighted by Crippen LogP contribution is -2.43. The molecule has 0 amide bonds. The van der Waals surface area contributed by atoms with E-state index in [9.17, 15) is 0 Å². The van der Waals surface area contributed by atoms with E-state index < -0.39 is 0 Å². The fourth-order valence-electron chi connectivity index (χ4n) is 2.06. The molecular formula is C19H34IN3OS. The lowest BCUT2D eigenvalue weighted by molar-refractivity contribution is 0.133. The Morgan fingerprint density at radius 1 is 1.12 bits per heavy atom. The van der Waals surface area contributed by atoms with E-state index in [-0.39, 0.29) is 28.7 Å². The van der Waals surface area contributed by atoms with E-state index >= 15 is 0 Å². The van der Waals surface area contributed by atoms with Crippen LogP contribution in [0.15, 0.2) is 35.3 Å². The molecule has 6 heteroatoms. The van der Waals surface area contributed by atoms with Gasteiger partial charge < -0.3 is 15.4 Å². The van der Waals surface area contributed by atoms with Gasteiger partial charge in [-0.15, -0.1) is 24.0 Å². The van der Waals surface area contributed by atoms with Crippen molar-refractivity contribution in [3.8, 4) is 0 Å². The Bertz CT molecular complexity index is 469. The molecule has 0 atom stereocenters. The minimum absolute atomic E-state index is 0. The molecule has 144 valence electrons. The van der Waals surface area contributed by atoms with Gasteiger partial charge in [-0.25, -0.2) is 0 Å². The number of benzene rings is 1. The molecule has 0 saturated carbocycles. The van der Waals surface area contributed by atoms with Crippen LogP contribution in [0.1, 0.15) is 32.3 Å². The third-order valence-electron chi connectivity index (χ3n) is 3.84. The monoisotopic (exact) mass is 479 g/mol. The van der Waals surface area contributed by atoms with Crippen molar-refractivity contribution in [2.24, 2.45) is 4.99 Å². The van der Waals surface area contributed by atoms with E-state index in [4.69, 9.17) is 4.74 Å². The van der Waals surface area contributed by atoms with E-state index in [0.29, 0.717) is 0 Å². The van der Waals surface area contributed by atoms with Crippen LogP contribution in [0.2, 0.25) is 0 Å². The molecule has 0 bridgehead atoms. The van der Waals surface area contributed by atoms with E-state index in [1.165, 1.54) is 5.56 Å². The number of rotatable bonds is 11. The first-order valence-electron chi connectivity index (χ1n) is 8.69. The third-order valence-corrected chi connectivity index (χ3v) is 5.09. The molecule has 1 aromatic carbocycles. The second-order valence-electron chi connectivity index (χ2n) is 6.37. The van der Waals surface area contributed by atoms with Gasteiger partial charge in [0.15, 0.2) is 5.96 Å². The predicted octanol–water partition coefficient (Wildman–Crippen LogP) is 3.95. The summed E-state index contributed by atoms with van der Waals surface area (Å²) in [5.41, 5.74) is 1.34. The van der Waals surface area contributed by atoms with Crippen LogP contribution in [0.3, 0.4) is 0 Å². The number of nitrogens with one attached hydrogen (secondary N) is 2. The van der Waals surface area contributed by atoms with Crippen molar-refractivity contribution >= 4 is 41.7 Å². The maximum atomic E-state index is 5.70. The van der Waals surface area contributed by atoms with Crippen molar-refractivity contribution in [2.45, 2.75) is 37.9 Å². The van der Waals surface area contributed by atoms with Crippen LogP contribution in [0, 0.1) is 0 Å². The highest BCUT2D eigenvalue weighted by Crippen LogP contribution is 2.19. The van der Waals surface area contributed by atoms with Crippen molar-refractivity contribution in [3.63, 3.8) is 0 Å². The molecular weight excluding hydrogens is 445 g/mol. The normalized spacial score (nSPS) is 11.8. The SMILES string of the molecule is CN=C(NCCCCOCCc1ccccc1)NCC(C)(C)SC.I. The quantitative estimate of drug-likeness (QED) is 0.218. The molecule has 2 N–H and O–H groups in total. The van der Waals surface area contributed by atoms with E-state index in [2.05, 4.69) is 60.0 Å². The molecule has 0 aromatic heterocycles. The van der Waals surface area contributed by atoms with Crippen molar-refractivity contribution in [1.29, 1.82) is 0 Å². The Labute approximate surface area is 175 Å². The summed E-state index contributed by atoms with van der Waals surface area (Å²) < 4.78 is 5.91. The summed E-state index contributed by atoms with van der Waals surface area (Å²) in [5.74, 6) is 0.877. The fourth-order valence-corrected chi connectivity index (χ4v) is 2.28. The second kappa shape index (κ2) is 14.7. The summed E-state index contributed by atoms with van der Waals surface area (Å²) in [6.45, 7) is 7.89. The highest BCUT2D eigenvalue weighted by atomic mass is 127. The highest BCUT2D eigenvalue weighted by molar-refractivity contribution is 14.0. The lowest BCUT2D eigenvalue weighted by atomic mass is 10.2. The second-order valence-corrected chi connectivity index (χ2v) is 7.88. The number of thioether (sulfide) groups is 1. The molecule has 1 rings (SSSR count). The zero-order chi connectivity index (χ0) is 17.7. The van der Waals surface area contributed by atoms with Crippen LogP contribution in [-0.2, 0) is 11.2 Å². The molecule has 25 heavy (non-hydrogen) atoms. The Kier molecular flexibility index (Phi) is 14.4. The van der Waals surface area contributed by atoms with Crippen LogP contribution in [0.25, 0.3) is 0 Å². The summed E-state index contributed by atoms with van der Waals surface area (Å²) in [4.78, 5) is 4.26. The number of ether oxygens (including phenoxy) is 1. The molecule has 4 nitrogen and oxygen atoms in total. The number of nitrogens with zero attached hydrogens (tertiary/aromatic N) is 1. The Morgan fingerprint density at radius 2 is 1.84 bits per heavy atom. The minimum atomic E-state index is 0. The Morgan fingerprint density at radius 3 is 2.48 bits per heavy atom. The zero-order valence-electron chi connectivity index (χ0n) is 16.0. The number of halogens is 1. The highest BCUT2D eigenvalue weighted by Gasteiger charge is 2.15. The summed E-state index contributed by atoms with van der Waals surface area (Å²) in [6, 6.07) is 10.5. The number of unbranched alkanes of at least 4 members (excludes halogenated alkanes) is 1. The summed E-state index contributed by atoms with van der Waals surface area (Å²) in [7, 11) is 1.81. The molecule has 0 radical (unpaired) electrons. The number of guanidine groups is 1. The third kappa shape index (κ3) is 12.5. The first-order chi connectivity index (χ1) is 11.6. The molecule has 0 spiro atoms. The van der Waals surface area contributed by atoms with Crippen molar-refractivity contribution in [3.05, 3.63) is 35.9 Å². The molecule has 0 aliphatic heterocycles. The summed E-state index contributed by atoms with van der Waals surface area (Å²) in [5, 5.41) is 6.73. The number of aliphatic imine (C=N–C) groups is 1. The smallest absolute Gasteiger partial charge is 0.191 e. The first kappa shape index (κ1) is 24.5. The van der Waals surface area contributed by atoms with Gasteiger partial charge in [-0.05, 0) is 44.9 Å². The van der Waals surface area contributed by atoms with Gasteiger partial charge in [0.05, 0.1) is 6.61 Å².